The maximum atomic E-state index is 14.6. The summed E-state index contributed by atoms with van der Waals surface area (Å²) in [6.07, 6.45) is 3.21. The van der Waals surface area contributed by atoms with Crippen LogP contribution in [0.1, 0.15) is 47.6 Å². The van der Waals surface area contributed by atoms with Gasteiger partial charge in [0.05, 0.1) is 17.5 Å². The molecule has 2 aliphatic rings. The van der Waals surface area contributed by atoms with Crippen LogP contribution in [0.3, 0.4) is 0 Å². The SMILES string of the molecule is CC1=CC=N[C@@H](C(C)C)[C@H]1n1c(=O)nc(N2CCN(C(=O)OC(C)(C)C)CC2)c2cc(F)c(Cl)nc21. The van der Waals surface area contributed by atoms with E-state index in [9.17, 15) is 14.0 Å². The highest BCUT2D eigenvalue weighted by Gasteiger charge is 2.33. The lowest BCUT2D eigenvalue weighted by atomic mass is 9.90. The molecular formula is C25H32ClFN6O3. The van der Waals surface area contributed by atoms with Crippen LogP contribution in [0.15, 0.2) is 27.5 Å². The first kappa shape index (κ1) is 26.1. The number of anilines is 1. The second kappa shape index (κ2) is 9.80. The number of hydrogen-bond donors (Lipinski definition) is 0. The molecule has 1 amide bonds. The number of rotatable bonds is 3. The molecular weight excluding hydrogens is 487 g/mol. The van der Waals surface area contributed by atoms with Crippen molar-refractivity contribution >= 4 is 40.8 Å². The van der Waals surface area contributed by atoms with Crippen LogP contribution in [0.2, 0.25) is 5.15 Å². The molecule has 2 atom stereocenters. The van der Waals surface area contributed by atoms with Crippen molar-refractivity contribution in [3.05, 3.63) is 39.2 Å². The van der Waals surface area contributed by atoms with E-state index in [1.165, 1.54) is 10.6 Å². The number of hydrogen-bond acceptors (Lipinski definition) is 7. The summed E-state index contributed by atoms with van der Waals surface area (Å²) < 4.78 is 21.6. The highest BCUT2D eigenvalue weighted by atomic mass is 35.5. The van der Waals surface area contributed by atoms with E-state index in [1.807, 2.05) is 52.5 Å². The molecule has 2 aromatic heterocycles. The Morgan fingerprint density at radius 3 is 2.47 bits per heavy atom. The molecule has 4 rings (SSSR count). The number of aliphatic imine (C=N–C) groups is 1. The number of amides is 1. The number of pyridine rings is 1. The number of carbonyl (C=O) groups is 1. The second-order valence-corrected chi connectivity index (χ2v) is 10.9. The molecule has 0 aromatic carbocycles. The molecule has 0 unspecified atom stereocenters. The molecule has 9 nitrogen and oxygen atoms in total. The normalized spacial score (nSPS) is 20.8. The van der Waals surface area contributed by atoms with Crippen LogP contribution in [-0.4, -0.2) is 69.6 Å². The summed E-state index contributed by atoms with van der Waals surface area (Å²) in [6.45, 7) is 13.0. The van der Waals surface area contributed by atoms with Crippen LogP contribution in [-0.2, 0) is 4.74 Å². The third-order valence-corrected chi connectivity index (χ3v) is 6.63. The largest absolute Gasteiger partial charge is 0.444 e. The number of carbonyl (C=O) groups excluding carboxylic acids is 1. The monoisotopic (exact) mass is 518 g/mol. The molecule has 194 valence electrons. The van der Waals surface area contributed by atoms with E-state index in [1.54, 1.807) is 11.1 Å². The third-order valence-electron chi connectivity index (χ3n) is 6.37. The van der Waals surface area contributed by atoms with Crippen molar-refractivity contribution in [1.82, 2.24) is 19.4 Å². The quantitative estimate of drug-likeness (QED) is 0.564. The Morgan fingerprint density at radius 2 is 1.86 bits per heavy atom. The molecule has 0 radical (unpaired) electrons. The molecule has 2 aromatic rings. The fourth-order valence-electron chi connectivity index (χ4n) is 4.62. The first-order valence-corrected chi connectivity index (χ1v) is 12.5. The standard InChI is InChI=1S/C25H32ClFN6O3/c1-14(2)18-19(15(3)7-8-28-18)33-22-16(13-17(27)20(26)29-22)21(30-23(33)34)31-9-11-32(12-10-31)24(35)36-25(4,5)6/h7-8,13-14,18-19H,9-12H2,1-6H3/t18-,19-/m0/s1. The van der Waals surface area contributed by atoms with Gasteiger partial charge in [0.25, 0.3) is 0 Å². The van der Waals surface area contributed by atoms with Gasteiger partial charge in [-0.3, -0.25) is 9.56 Å². The minimum absolute atomic E-state index is 0.133. The summed E-state index contributed by atoms with van der Waals surface area (Å²) >= 11 is 6.09. The van der Waals surface area contributed by atoms with Gasteiger partial charge in [0, 0.05) is 32.4 Å². The Bertz CT molecular complexity index is 1290. The number of fused-ring (bicyclic) bond motifs is 1. The molecule has 1 saturated heterocycles. The van der Waals surface area contributed by atoms with Crippen LogP contribution in [0.5, 0.6) is 0 Å². The molecule has 0 spiro atoms. The Labute approximate surface area is 214 Å². The van der Waals surface area contributed by atoms with Crippen LogP contribution >= 0.6 is 11.6 Å². The van der Waals surface area contributed by atoms with E-state index in [2.05, 4.69) is 15.0 Å². The van der Waals surface area contributed by atoms with Crippen LogP contribution in [0, 0.1) is 11.7 Å². The van der Waals surface area contributed by atoms with E-state index in [4.69, 9.17) is 16.3 Å². The van der Waals surface area contributed by atoms with E-state index in [0.717, 1.165) is 5.57 Å². The highest BCUT2D eigenvalue weighted by Crippen LogP contribution is 2.34. The van der Waals surface area contributed by atoms with Crippen molar-refractivity contribution < 1.29 is 13.9 Å². The zero-order valence-electron chi connectivity index (χ0n) is 21.5. The lowest BCUT2D eigenvalue weighted by Crippen LogP contribution is -2.50. The average molecular weight is 519 g/mol. The van der Waals surface area contributed by atoms with Crippen LogP contribution < -0.4 is 10.6 Å². The smallest absolute Gasteiger partial charge is 0.410 e. The van der Waals surface area contributed by atoms with Crippen molar-refractivity contribution in [1.29, 1.82) is 0 Å². The summed E-state index contributed by atoms with van der Waals surface area (Å²) in [4.78, 5) is 42.8. The number of aromatic nitrogens is 3. The van der Waals surface area contributed by atoms with Gasteiger partial charge in [0.15, 0.2) is 11.0 Å². The van der Waals surface area contributed by atoms with E-state index >= 15 is 0 Å². The molecule has 4 heterocycles. The van der Waals surface area contributed by atoms with Gasteiger partial charge in [-0.15, -0.1) is 0 Å². The van der Waals surface area contributed by atoms with Gasteiger partial charge < -0.3 is 14.5 Å². The van der Waals surface area contributed by atoms with Gasteiger partial charge in [0.1, 0.15) is 17.1 Å². The molecule has 0 bridgehead atoms. The van der Waals surface area contributed by atoms with Gasteiger partial charge in [-0.25, -0.2) is 19.0 Å². The fraction of sp³-hybridized carbons (Fsp3) is 0.560. The molecule has 0 saturated carbocycles. The molecule has 2 aliphatic heterocycles. The Hall–Kier alpha value is -3.01. The van der Waals surface area contributed by atoms with Crippen molar-refractivity contribution in [3.63, 3.8) is 0 Å². The predicted molar refractivity (Wildman–Crippen MR) is 139 cm³/mol. The van der Waals surface area contributed by atoms with Crippen LogP contribution in [0.25, 0.3) is 11.0 Å². The minimum Gasteiger partial charge on any atom is -0.444 e. The number of halogens is 2. The van der Waals surface area contributed by atoms with E-state index in [0.29, 0.717) is 37.4 Å². The lowest BCUT2D eigenvalue weighted by Gasteiger charge is -2.37. The number of dihydropyridines is 1. The second-order valence-electron chi connectivity index (χ2n) is 10.6. The maximum Gasteiger partial charge on any atom is 0.410 e. The summed E-state index contributed by atoms with van der Waals surface area (Å²) in [7, 11) is 0. The zero-order valence-corrected chi connectivity index (χ0v) is 22.2. The summed E-state index contributed by atoms with van der Waals surface area (Å²) in [5.41, 5.74) is 0.0758. The van der Waals surface area contributed by atoms with Crippen molar-refractivity contribution in [2.24, 2.45) is 10.9 Å². The van der Waals surface area contributed by atoms with Crippen LogP contribution in [0.4, 0.5) is 15.0 Å². The topological polar surface area (TPSA) is 92.9 Å². The Morgan fingerprint density at radius 1 is 1.19 bits per heavy atom. The number of nitrogens with zero attached hydrogens (tertiary/aromatic N) is 6. The van der Waals surface area contributed by atoms with Crippen molar-refractivity contribution in [3.8, 4) is 0 Å². The zero-order chi connectivity index (χ0) is 26.4. The summed E-state index contributed by atoms with van der Waals surface area (Å²) in [5.74, 6) is -0.243. The summed E-state index contributed by atoms with van der Waals surface area (Å²) in [5, 5.41) is 0.0664. The van der Waals surface area contributed by atoms with Crippen molar-refractivity contribution in [2.75, 3.05) is 31.1 Å². The molecule has 11 heteroatoms. The first-order chi connectivity index (χ1) is 16.9. The van der Waals surface area contributed by atoms with Gasteiger partial charge in [0.2, 0.25) is 0 Å². The lowest BCUT2D eigenvalue weighted by molar-refractivity contribution is 0.0240. The minimum atomic E-state index is -0.695. The summed E-state index contributed by atoms with van der Waals surface area (Å²) in [6, 6.07) is 0.634. The number of allylic oxidation sites excluding steroid dienone is 1. The third kappa shape index (κ3) is 5.09. The fourth-order valence-corrected chi connectivity index (χ4v) is 4.76. The van der Waals surface area contributed by atoms with E-state index < -0.39 is 29.2 Å². The molecule has 36 heavy (non-hydrogen) atoms. The molecule has 0 N–H and O–H groups in total. The number of ether oxygens (including phenoxy) is 1. The Kier molecular flexibility index (Phi) is 7.10. The number of piperazine rings is 1. The highest BCUT2D eigenvalue weighted by molar-refractivity contribution is 6.30. The van der Waals surface area contributed by atoms with Gasteiger partial charge in [-0.1, -0.05) is 25.4 Å². The van der Waals surface area contributed by atoms with Gasteiger partial charge in [-0.2, -0.15) is 4.98 Å². The predicted octanol–water partition coefficient (Wildman–Crippen LogP) is 4.24. The Balaban J connectivity index is 1.75. The van der Waals surface area contributed by atoms with Gasteiger partial charge in [-0.05, 0) is 51.3 Å². The molecule has 0 aliphatic carbocycles. The van der Waals surface area contributed by atoms with Gasteiger partial charge >= 0.3 is 11.8 Å². The van der Waals surface area contributed by atoms with E-state index in [-0.39, 0.29) is 22.8 Å². The van der Waals surface area contributed by atoms with Crippen molar-refractivity contribution in [2.45, 2.75) is 59.2 Å². The average Bonchev–Trinajstić information content (AvgIpc) is 2.79. The first-order valence-electron chi connectivity index (χ1n) is 12.1. The molecule has 1 fully saturated rings. The maximum absolute atomic E-state index is 14.6.